The third-order valence-corrected chi connectivity index (χ3v) is 4.26. The second-order valence-electron chi connectivity index (χ2n) is 4.95. The van der Waals surface area contributed by atoms with Crippen molar-refractivity contribution in [2.45, 2.75) is 20.3 Å². The lowest BCUT2D eigenvalue weighted by Crippen LogP contribution is -2.05. The number of hydrogen-bond acceptors (Lipinski definition) is 4. The highest BCUT2D eigenvalue weighted by molar-refractivity contribution is 7.09. The Bertz CT molecular complexity index is 809. The van der Waals surface area contributed by atoms with E-state index in [0.717, 1.165) is 22.5 Å². The number of aromatic nitrogens is 3. The number of aryl methyl sites for hydroxylation is 2. The van der Waals surface area contributed by atoms with E-state index in [1.165, 1.54) is 4.88 Å². The lowest BCUT2D eigenvalue weighted by atomic mass is 10.1. The van der Waals surface area contributed by atoms with E-state index in [-0.39, 0.29) is 0 Å². The summed E-state index contributed by atoms with van der Waals surface area (Å²) in [5.41, 5.74) is 4.49. The lowest BCUT2D eigenvalue weighted by Gasteiger charge is -2.10. The van der Waals surface area contributed by atoms with Gasteiger partial charge in [-0.3, -0.25) is 0 Å². The summed E-state index contributed by atoms with van der Waals surface area (Å²) in [6, 6.07) is 12.4. The highest BCUT2D eigenvalue weighted by atomic mass is 32.1. The zero-order valence-electron chi connectivity index (χ0n) is 11.9. The first-order valence-electron chi connectivity index (χ1n) is 6.63. The molecule has 3 rings (SSSR count). The van der Waals surface area contributed by atoms with Crippen LogP contribution in [0.3, 0.4) is 0 Å². The predicted molar refractivity (Wildman–Crippen MR) is 82.7 cm³/mol. The van der Waals surface area contributed by atoms with Crippen LogP contribution in [0.25, 0.3) is 5.69 Å². The maximum absolute atomic E-state index is 9.27. The van der Waals surface area contributed by atoms with Gasteiger partial charge in [-0.2, -0.15) is 5.26 Å². The molecule has 0 N–H and O–H groups in total. The molecule has 1 aromatic carbocycles. The highest BCUT2D eigenvalue weighted by Gasteiger charge is 2.16. The summed E-state index contributed by atoms with van der Waals surface area (Å²) in [5.74, 6) is 0. The van der Waals surface area contributed by atoms with Crippen LogP contribution in [0.5, 0.6) is 0 Å². The molecule has 0 atom stereocenters. The lowest BCUT2D eigenvalue weighted by molar-refractivity contribution is 0.769. The topological polar surface area (TPSA) is 54.5 Å². The largest absolute Gasteiger partial charge is 0.216 e. The Hall–Kier alpha value is -2.45. The van der Waals surface area contributed by atoms with Crippen LogP contribution < -0.4 is 0 Å². The van der Waals surface area contributed by atoms with Crippen LogP contribution in [0.2, 0.25) is 0 Å². The van der Waals surface area contributed by atoms with Gasteiger partial charge in [-0.15, -0.1) is 16.4 Å². The van der Waals surface area contributed by atoms with Crippen molar-refractivity contribution in [1.82, 2.24) is 15.0 Å². The Morgan fingerprint density at radius 3 is 2.86 bits per heavy atom. The zero-order valence-corrected chi connectivity index (χ0v) is 12.7. The Balaban J connectivity index is 2.13. The molecule has 0 aliphatic carbocycles. The van der Waals surface area contributed by atoms with Gasteiger partial charge in [0.15, 0.2) is 5.69 Å². The average Bonchev–Trinajstić information content (AvgIpc) is 3.12. The van der Waals surface area contributed by atoms with Gasteiger partial charge in [0.1, 0.15) is 6.07 Å². The fourth-order valence-electron chi connectivity index (χ4n) is 2.27. The predicted octanol–water partition coefficient (Wildman–Crippen LogP) is 3.41. The molecule has 5 heteroatoms. The number of hydrogen-bond donors (Lipinski definition) is 0. The standard InChI is InChI=1S/C16H14N4S/c1-11-5-6-12(2)15(8-11)20-16(14(10-17)18-19-20)9-13-4-3-7-21-13/h3-8H,9H2,1-2H3. The summed E-state index contributed by atoms with van der Waals surface area (Å²) in [6.07, 6.45) is 0.668. The van der Waals surface area contributed by atoms with E-state index in [4.69, 9.17) is 0 Å². The van der Waals surface area contributed by atoms with E-state index < -0.39 is 0 Å². The van der Waals surface area contributed by atoms with Crippen molar-refractivity contribution in [1.29, 1.82) is 5.26 Å². The molecule has 0 saturated carbocycles. The first-order chi connectivity index (χ1) is 10.2. The maximum atomic E-state index is 9.27. The van der Waals surface area contributed by atoms with Crippen molar-refractivity contribution >= 4 is 11.3 Å². The van der Waals surface area contributed by atoms with Crippen molar-refractivity contribution in [3.05, 3.63) is 63.1 Å². The molecular formula is C16H14N4S. The molecule has 21 heavy (non-hydrogen) atoms. The normalized spacial score (nSPS) is 10.5. The van der Waals surface area contributed by atoms with Gasteiger partial charge in [-0.1, -0.05) is 23.4 Å². The van der Waals surface area contributed by atoms with Gasteiger partial charge in [0.25, 0.3) is 0 Å². The van der Waals surface area contributed by atoms with Gasteiger partial charge in [-0.05, 0) is 42.5 Å². The SMILES string of the molecule is Cc1ccc(C)c(-n2nnc(C#N)c2Cc2cccs2)c1. The first-order valence-corrected chi connectivity index (χ1v) is 7.51. The van der Waals surface area contributed by atoms with Crippen molar-refractivity contribution < 1.29 is 0 Å². The van der Waals surface area contributed by atoms with Crippen molar-refractivity contribution in [2.75, 3.05) is 0 Å². The minimum absolute atomic E-state index is 0.393. The van der Waals surface area contributed by atoms with Crippen molar-refractivity contribution in [2.24, 2.45) is 0 Å². The summed E-state index contributed by atoms with van der Waals surface area (Å²) >= 11 is 1.67. The molecule has 0 unspecified atom stereocenters. The maximum Gasteiger partial charge on any atom is 0.186 e. The van der Waals surface area contributed by atoms with Crippen LogP contribution in [0, 0.1) is 25.2 Å². The van der Waals surface area contributed by atoms with E-state index in [1.54, 1.807) is 16.0 Å². The molecule has 0 aliphatic rings. The van der Waals surface area contributed by atoms with Gasteiger partial charge >= 0.3 is 0 Å². The van der Waals surface area contributed by atoms with Gasteiger partial charge < -0.3 is 0 Å². The van der Waals surface area contributed by atoms with E-state index in [9.17, 15) is 5.26 Å². The molecule has 0 saturated heterocycles. The van der Waals surface area contributed by atoms with Crippen molar-refractivity contribution in [3.63, 3.8) is 0 Å². The number of nitriles is 1. The zero-order chi connectivity index (χ0) is 14.8. The number of rotatable bonds is 3. The average molecular weight is 294 g/mol. The summed E-state index contributed by atoms with van der Waals surface area (Å²) < 4.78 is 1.79. The molecule has 2 heterocycles. The van der Waals surface area contributed by atoms with E-state index in [0.29, 0.717) is 12.1 Å². The Labute approximate surface area is 127 Å². The Morgan fingerprint density at radius 2 is 2.14 bits per heavy atom. The first kappa shape index (κ1) is 13.5. The molecule has 3 aromatic rings. The smallest absolute Gasteiger partial charge is 0.186 e. The van der Waals surface area contributed by atoms with Gasteiger partial charge in [-0.25, -0.2) is 4.68 Å². The molecule has 0 aliphatic heterocycles. The minimum Gasteiger partial charge on any atom is -0.216 e. The Kier molecular flexibility index (Phi) is 3.55. The molecule has 0 spiro atoms. The van der Waals surface area contributed by atoms with Crippen LogP contribution in [-0.2, 0) is 6.42 Å². The van der Waals surface area contributed by atoms with E-state index >= 15 is 0 Å². The van der Waals surface area contributed by atoms with E-state index in [2.05, 4.69) is 40.6 Å². The fraction of sp³-hybridized carbons (Fsp3) is 0.188. The second kappa shape index (κ2) is 5.51. The molecule has 104 valence electrons. The quantitative estimate of drug-likeness (QED) is 0.744. The monoisotopic (exact) mass is 294 g/mol. The molecule has 0 bridgehead atoms. The van der Waals surface area contributed by atoms with E-state index in [1.807, 2.05) is 25.3 Å². The summed E-state index contributed by atoms with van der Waals surface area (Å²) in [7, 11) is 0. The highest BCUT2D eigenvalue weighted by Crippen LogP contribution is 2.22. The third kappa shape index (κ3) is 2.58. The van der Waals surface area contributed by atoms with Crippen LogP contribution in [0.4, 0.5) is 0 Å². The van der Waals surface area contributed by atoms with Gasteiger partial charge in [0, 0.05) is 11.3 Å². The van der Waals surface area contributed by atoms with Crippen LogP contribution in [0.15, 0.2) is 35.7 Å². The van der Waals surface area contributed by atoms with Crippen molar-refractivity contribution in [3.8, 4) is 11.8 Å². The summed E-state index contributed by atoms with van der Waals surface area (Å²) in [6.45, 7) is 4.08. The van der Waals surface area contributed by atoms with Gasteiger partial charge in [0.05, 0.1) is 11.4 Å². The summed E-state index contributed by atoms with van der Waals surface area (Å²) in [4.78, 5) is 1.19. The minimum atomic E-state index is 0.393. The van der Waals surface area contributed by atoms with Crippen LogP contribution >= 0.6 is 11.3 Å². The second-order valence-corrected chi connectivity index (χ2v) is 5.99. The molecule has 0 radical (unpaired) electrons. The summed E-state index contributed by atoms with van der Waals surface area (Å²) in [5, 5.41) is 19.5. The number of nitrogens with zero attached hydrogens (tertiary/aromatic N) is 4. The van der Waals surface area contributed by atoms with Crippen LogP contribution in [0.1, 0.15) is 27.4 Å². The molecule has 0 amide bonds. The molecular weight excluding hydrogens is 280 g/mol. The molecule has 2 aromatic heterocycles. The molecule has 0 fully saturated rings. The van der Waals surface area contributed by atoms with Gasteiger partial charge in [0.2, 0.25) is 0 Å². The fourth-order valence-corrected chi connectivity index (χ4v) is 2.98. The molecule has 4 nitrogen and oxygen atoms in total. The Morgan fingerprint density at radius 1 is 1.29 bits per heavy atom. The number of benzene rings is 1. The number of thiophene rings is 1. The van der Waals surface area contributed by atoms with Crippen LogP contribution in [-0.4, -0.2) is 15.0 Å². The third-order valence-electron chi connectivity index (χ3n) is 3.38.